The second-order valence-electron chi connectivity index (χ2n) is 2.81. The van der Waals surface area contributed by atoms with Crippen LogP contribution in [0.15, 0.2) is 0 Å². The van der Waals surface area contributed by atoms with E-state index in [1.165, 1.54) is 44.0 Å². The molecule has 0 aromatic carbocycles. The summed E-state index contributed by atoms with van der Waals surface area (Å²) in [6.45, 7) is 6.24. The number of unbranched alkanes of at least 4 members (excludes halogenated alkanes) is 1. The van der Waals surface area contributed by atoms with Crippen LogP contribution in [0.25, 0.3) is 0 Å². The van der Waals surface area contributed by atoms with Crippen molar-refractivity contribution < 1.29 is 0 Å². The molecule has 1 aliphatic heterocycles. The molecule has 1 aliphatic rings. The lowest BCUT2D eigenvalue weighted by Gasteiger charge is -2.25. The molecule has 0 unspecified atom stereocenters. The first kappa shape index (κ1) is 11.3. The van der Waals surface area contributed by atoms with Gasteiger partial charge >= 0.3 is 0 Å². The lowest BCUT2D eigenvalue weighted by Crippen LogP contribution is -2.33. The molecular formula is C9H21NS. The predicted octanol–water partition coefficient (Wildman–Crippen LogP) is 2.47. The maximum Gasteiger partial charge on any atom is 0.00727 e. The second kappa shape index (κ2) is 6.99. The van der Waals surface area contributed by atoms with Gasteiger partial charge in [-0.15, -0.1) is 0 Å². The topological polar surface area (TPSA) is 3.24 Å². The van der Waals surface area contributed by atoms with Crippen molar-refractivity contribution >= 4 is 11.8 Å². The number of hydrogen-bond donors (Lipinski definition) is 0. The van der Waals surface area contributed by atoms with Crippen molar-refractivity contribution in [1.82, 2.24) is 4.90 Å². The van der Waals surface area contributed by atoms with Crippen molar-refractivity contribution in [1.29, 1.82) is 0 Å². The monoisotopic (exact) mass is 175 g/mol. The van der Waals surface area contributed by atoms with E-state index in [1.54, 1.807) is 0 Å². The summed E-state index contributed by atoms with van der Waals surface area (Å²) >= 11 is 2.09. The van der Waals surface area contributed by atoms with E-state index in [4.69, 9.17) is 0 Å². The van der Waals surface area contributed by atoms with Gasteiger partial charge in [0.1, 0.15) is 0 Å². The van der Waals surface area contributed by atoms with E-state index < -0.39 is 0 Å². The third-order valence-corrected chi connectivity index (χ3v) is 2.87. The molecule has 2 heteroatoms. The van der Waals surface area contributed by atoms with Crippen LogP contribution in [0.5, 0.6) is 0 Å². The maximum absolute atomic E-state index is 2.58. The molecule has 0 radical (unpaired) electrons. The second-order valence-corrected chi connectivity index (χ2v) is 4.03. The Morgan fingerprint density at radius 1 is 1.27 bits per heavy atom. The van der Waals surface area contributed by atoms with Crippen LogP contribution in [0.1, 0.15) is 27.2 Å². The Bertz CT molecular complexity index is 79.6. The maximum atomic E-state index is 2.58. The molecule has 68 valence electrons. The van der Waals surface area contributed by atoms with Gasteiger partial charge in [-0.3, -0.25) is 0 Å². The fraction of sp³-hybridized carbons (Fsp3) is 1.00. The summed E-state index contributed by atoms with van der Waals surface area (Å²) in [5.41, 5.74) is 0. The third-order valence-electron chi connectivity index (χ3n) is 1.93. The van der Waals surface area contributed by atoms with E-state index in [9.17, 15) is 0 Å². The first-order chi connectivity index (χ1) is 4.93. The Morgan fingerprint density at radius 3 is 2.45 bits per heavy atom. The molecule has 1 nitrogen and oxygen atoms in total. The summed E-state index contributed by atoms with van der Waals surface area (Å²) in [5.74, 6) is 2.70. The van der Waals surface area contributed by atoms with Gasteiger partial charge in [-0.25, -0.2) is 0 Å². The normalized spacial score (nSPS) is 19.4. The van der Waals surface area contributed by atoms with E-state index >= 15 is 0 Å². The minimum atomic E-state index is 0. The van der Waals surface area contributed by atoms with E-state index in [0.717, 1.165) is 0 Å². The molecule has 0 bridgehead atoms. The van der Waals surface area contributed by atoms with Crippen molar-refractivity contribution in [3.63, 3.8) is 0 Å². The Kier molecular flexibility index (Phi) is 7.18. The Hall–Kier alpha value is 0.310. The molecule has 1 saturated heterocycles. The molecule has 0 aliphatic carbocycles. The largest absolute Gasteiger partial charge is 0.302 e. The van der Waals surface area contributed by atoms with Gasteiger partial charge < -0.3 is 4.90 Å². The molecule has 11 heavy (non-hydrogen) atoms. The summed E-state index contributed by atoms with van der Waals surface area (Å²) in [4.78, 5) is 2.58. The molecule has 0 saturated carbocycles. The van der Waals surface area contributed by atoms with Crippen LogP contribution in [0, 0.1) is 0 Å². The lowest BCUT2D eigenvalue weighted by molar-refractivity contribution is 0.297. The predicted molar refractivity (Wildman–Crippen MR) is 55.4 cm³/mol. The zero-order valence-corrected chi connectivity index (χ0v) is 7.62. The molecule has 1 rings (SSSR count). The van der Waals surface area contributed by atoms with Crippen molar-refractivity contribution in [2.24, 2.45) is 0 Å². The summed E-state index contributed by atoms with van der Waals surface area (Å²) in [7, 11) is 0. The first-order valence-electron chi connectivity index (χ1n) is 4.23. The standard InChI is InChI=1S/C8H17NS.CH4/c1-2-3-4-9-5-7-10-8-6-9;/h2-8H2,1H3;1H4. The number of thioether (sulfide) groups is 1. The summed E-state index contributed by atoms with van der Waals surface area (Å²) in [5, 5.41) is 0. The highest BCUT2D eigenvalue weighted by molar-refractivity contribution is 7.99. The van der Waals surface area contributed by atoms with Crippen LogP contribution in [0.2, 0.25) is 0 Å². The fourth-order valence-corrected chi connectivity index (χ4v) is 2.19. The van der Waals surface area contributed by atoms with E-state index in [-0.39, 0.29) is 7.43 Å². The molecule has 1 heterocycles. The molecule has 0 atom stereocenters. The zero-order chi connectivity index (χ0) is 7.23. The number of nitrogens with zero attached hydrogens (tertiary/aromatic N) is 1. The van der Waals surface area contributed by atoms with Crippen molar-refractivity contribution in [3.8, 4) is 0 Å². The molecule has 0 aromatic heterocycles. The summed E-state index contributed by atoms with van der Waals surface area (Å²) in [6, 6.07) is 0. The van der Waals surface area contributed by atoms with Crippen LogP contribution < -0.4 is 0 Å². The van der Waals surface area contributed by atoms with Gasteiger partial charge in [-0.1, -0.05) is 20.8 Å². The van der Waals surface area contributed by atoms with Gasteiger partial charge in [-0.2, -0.15) is 11.8 Å². The number of hydrogen-bond acceptors (Lipinski definition) is 2. The van der Waals surface area contributed by atoms with Gasteiger partial charge in [0.05, 0.1) is 0 Å². The van der Waals surface area contributed by atoms with E-state index in [1.807, 2.05) is 0 Å². The Morgan fingerprint density at radius 2 is 1.91 bits per heavy atom. The average Bonchev–Trinajstić information content (AvgIpc) is 2.03. The molecule has 1 fully saturated rings. The Balaban J connectivity index is 0.000001000. The third kappa shape index (κ3) is 4.70. The van der Waals surface area contributed by atoms with Gasteiger partial charge in [-0.05, 0) is 13.0 Å². The zero-order valence-electron chi connectivity index (χ0n) is 6.81. The van der Waals surface area contributed by atoms with Crippen molar-refractivity contribution in [3.05, 3.63) is 0 Å². The molecule has 0 amide bonds. The van der Waals surface area contributed by atoms with Gasteiger partial charge in [0.25, 0.3) is 0 Å². The highest BCUT2D eigenvalue weighted by Gasteiger charge is 2.07. The summed E-state index contributed by atoms with van der Waals surface area (Å²) < 4.78 is 0. The minimum absolute atomic E-state index is 0. The quantitative estimate of drug-likeness (QED) is 0.648. The minimum Gasteiger partial charge on any atom is -0.302 e. The van der Waals surface area contributed by atoms with E-state index in [0.29, 0.717) is 0 Å². The molecular weight excluding hydrogens is 154 g/mol. The van der Waals surface area contributed by atoms with Crippen LogP contribution >= 0.6 is 11.8 Å². The van der Waals surface area contributed by atoms with E-state index in [2.05, 4.69) is 23.6 Å². The van der Waals surface area contributed by atoms with Gasteiger partial charge in [0.15, 0.2) is 0 Å². The van der Waals surface area contributed by atoms with Crippen LogP contribution in [0.4, 0.5) is 0 Å². The van der Waals surface area contributed by atoms with Crippen LogP contribution in [0.3, 0.4) is 0 Å². The smallest absolute Gasteiger partial charge is 0.00727 e. The van der Waals surface area contributed by atoms with Crippen LogP contribution in [-0.2, 0) is 0 Å². The molecule has 0 aromatic rings. The molecule has 0 spiro atoms. The van der Waals surface area contributed by atoms with Crippen molar-refractivity contribution in [2.75, 3.05) is 31.1 Å². The highest BCUT2D eigenvalue weighted by atomic mass is 32.2. The van der Waals surface area contributed by atoms with Crippen molar-refractivity contribution in [2.45, 2.75) is 27.2 Å². The average molecular weight is 175 g/mol. The van der Waals surface area contributed by atoms with Crippen LogP contribution in [-0.4, -0.2) is 36.0 Å². The lowest BCUT2D eigenvalue weighted by atomic mass is 10.3. The highest BCUT2D eigenvalue weighted by Crippen LogP contribution is 2.09. The van der Waals surface area contributed by atoms with Gasteiger partial charge in [0.2, 0.25) is 0 Å². The van der Waals surface area contributed by atoms with Gasteiger partial charge in [0, 0.05) is 24.6 Å². The first-order valence-corrected chi connectivity index (χ1v) is 5.39. The SMILES string of the molecule is C.CCCCN1CCSCC1. The number of rotatable bonds is 3. The summed E-state index contributed by atoms with van der Waals surface area (Å²) in [6.07, 6.45) is 2.72. The molecule has 0 N–H and O–H groups in total. The Labute approximate surface area is 75.5 Å². The fourth-order valence-electron chi connectivity index (χ4n) is 1.21.